The molecule has 1 aliphatic carbocycles. The van der Waals surface area contributed by atoms with Gasteiger partial charge in [0.1, 0.15) is 0 Å². The summed E-state index contributed by atoms with van der Waals surface area (Å²) in [5.74, 6) is 1.06. The minimum absolute atomic E-state index is 1.06. The van der Waals surface area contributed by atoms with E-state index >= 15 is 0 Å². The Labute approximate surface area is 89.8 Å². The van der Waals surface area contributed by atoms with Crippen molar-refractivity contribution in [3.8, 4) is 0 Å². The monoisotopic (exact) mass is 194 g/mol. The van der Waals surface area contributed by atoms with Gasteiger partial charge in [-0.2, -0.15) is 0 Å². The van der Waals surface area contributed by atoms with Crippen LogP contribution in [0.15, 0.2) is 12.2 Å². The van der Waals surface area contributed by atoms with Crippen molar-refractivity contribution >= 4 is 0 Å². The number of unbranched alkanes of at least 4 members (excludes halogenated alkanes) is 2. The first kappa shape index (κ1) is 11.8. The minimum atomic E-state index is 1.06. The molecule has 1 fully saturated rings. The molecule has 0 aliphatic heterocycles. The maximum Gasteiger partial charge on any atom is -0.0348 e. The molecule has 0 unspecified atom stereocenters. The van der Waals surface area contributed by atoms with Crippen LogP contribution in [0, 0.1) is 5.92 Å². The fraction of sp³-hybridized carbons (Fsp3) is 0.857. The molecule has 1 saturated carbocycles. The van der Waals surface area contributed by atoms with E-state index in [-0.39, 0.29) is 0 Å². The highest BCUT2D eigenvalue weighted by Crippen LogP contribution is 2.27. The second kappa shape index (κ2) is 8.08. The first-order chi connectivity index (χ1) is 6.93. The molecule has 0 aromatic rings. The van der Waals surface area contributed by atoms with Gasteiger partial charge >= 0.3 is 0 Å². The summed E-state index contributed by atoms with van der Waals surface area (Å²) in [6.45, 7) is 2.26. The van der Waals surface area contributed by atoms with Crippen LogP contribution >= 0.6 is 0 Å². The molecule has 0 aromatic carbocycles. The van der Waals surface area contributed by atoms with Crippen LogP contribution in [-0.4, -0.2) is 0 Å². The molecule has 0 heteroatoms. The van der Waals surface area contributed by atoms with Crippen molar-refractivity contribution in [3.63, 3.8) is 0 Å². The SMILES string of the molecule is CCCC/C=C/CCC1CCCCC1. The maximum absolute atomic E-state index is 2.41. The third-order valence-electron chi connectivity index (χ3n) is 3.36. The van der Waals surface area contributed by atoms with E-state index in [1.54, 1.807) is 0 Å². The van der Waals surface area contributed by atoms with Gasteiger partial charge in [-0.3, -0.25) is 0 Å². The molecule has 0 spiro atoms. The summed E-state index contributed by atoms with van der Waals surface area (Å²) in [5, 5.41) is 0. The quantitative estimate of drug-likeness (QED) is 0.408. The molecule has 0 amide bonds. The molecule has 0 bridgehead atoms. The summed E-state index contributed by atoms with van der Waals surface area (Å²) in [7, 11) is 0. The van der Waals surface area contributed by atoms with E-state index in [9.17, 15) is 0 Å². The molecule has 0 N–H and O–H groups in total. The van der Waals surface area contributed by atoms with Gasteiger partial charge < -0.3 is 0 Å². The lowest BCUT2D eigenvalue weighted by Crippen LogP contribution is -2.05. The Balaban J connectivity index is 1.94. The summed E-state index contributed by atoms with van der Waals surface area (Å²) in [6, 6.07) is 0. The summed E-state index contributed by atoms with van der Waals surface area (Å²) >= 11 is 0. The molecule has 1 rings (SSSR count). The van der Waals surface area contributed by atoms with Crippen molar-refractivity contribution in [2.75, 3.05) is 0 Å². The standard InChI is InChI=1S/C14H26/c1-2-3-4-5-6-8-11-14-12-9-7-10-13-14/h5-6,14H,2-4,7-13H2,1H3/b6-5+. The minimum Gasteiger partial charge on any atom is -0.0885 e. The third kappa shape index (κ3) is 5.47. The van der Waals surface area contributed by atoms with Crippen LogP contribution < -0.4 is 0 Å². The van der Waals surface area contributed by atoms with Crippen molar-refractivity contribution in [3.05, 3.63) is 12.2 Å². The van der Waals surface area contributed by atoms with Crippen molar-refractivity contribution in [2.45, 2.75) is 71.1 Å². The Kier molecular flexibility index (Phi) is 6.82. The van der Waals surface area contributed by atoms with Gasteiger partial charge in [0, 0.05) is 0 Å². The zero-order valence-electron chi connectivity index (χ0n) is 9.80. The Hall–Kier alpha value is -0.260. The molecule has 0 atom stereocenters. The van der Waals surface area contributed by atoms with Gasteiger partial charge in [0.2, 0.25) is 0 Å². The second-order valence-electron chi connectivity index (χ2n) is 4.70. The van der Waals surface area contributed by atoms with Gasteiger partial charge in [-0.25, -0.2) is 0 Å². The molecule has 1 aliphatic rings. The van der Waals surface area contributed by atoms with Crippen LogP contribution in [0.4, 0.5) is 0 Å². The molecule has 0 radical (unpaired) electrons. The lowest BCUT2D eigenvalue weighted by molar-refractivity contribution is 0.341. The van der Waals surface area contributed by atoms with Gasteiger partial charge in [0.25, 0.3) is 0 Å². The van der Waals surface area contributed by atoms with E-state index in [0.29, 0.717) is 0 Å². The first-order valence-corrected chi connectivity index (χ1v) is 6.58. The normalized spacial score (nSPS) is 19.2. The van der Waals surface area contributed by atoms with Crippen LogP contribution in [-0.2, 0) is 0 Å². The topological polar surface area (TPSA) is 0 Å². The lowest BCUT2D eigenvalue weighted by atomic mass is 9.86. The number of hydrogen-bond donors (Lipinski definition) is 0. The lowest BCUT2D eigenvalue weighted by Gasteiger charge is -2.20. The van der Waals surface area contributed by atoms with Gasteiger partial charge in [0.15, 0.2) is 0 Å². The molecular weight excluding hydrogens is 168 g/mol. The molecular formula is C14H26. The fourth-order valence-corrected chi connectivity index (χ4v) is 2.37. The Morgan fingerprint density at radius 3 is 2.43 bits per heavy atom. The predicted octanol–water partition coefficient (Wildman–Crippen LogP) is 5.09. The highest BCUT2D eigenvalue weighted by atomic mass is 14.2. The van der Waals surface area contributed by atoms with E-state index < -0.39 is 0 Å². The summed E-state index contributed by atoms with van der Waals surface area (Å²) in [4.78, 5) is 0. The number of allylic oxidation sites excluding steroid dienone is 2. The Morgan fingerprint density at radius 1 is 1.00 bits per heavy atom. The van der Waals surface area contributed by atoms with E-state index in [4.69, 9.17) is 0 Å². The van der Waals surface area contributed by atoms with Crippen LogP contribution in [0.1, 0.15) is 71.1 Å². The molecule has 0 heterocycles. The smallest absolute Gasteiger partial charge is 0.0348 e. The van der Waals surface area contributed by atoms with Crippen molar-refractivity contribution in [2.24, 2.45) is 5.92 Å². The fourth-order valence-electron chi connectivity index (χ4n) is 2.37. The zero-order valence-corrected chi connectivity index (χ0v) is 9.80. The summed E-state index contributed by atoms with van der Waals surface area (Å²) in [5.41, 5.74) is 0. The second-order valence-corrected chi connectivity index (χ2v) is 4.70. The Bertz CT molecular complexity index is 140. The first-order valence-electron chi connectivity index (χ1n) is 6.58. The van der Waals surface area contributed by atoms with E-state index in [1.165, 1.54) is 64.2 Å². The largest absolute Gasteiger partial charge is 0.0885 e. The van der Waals surface area contributed by atoms with Crippen molar-refractivity contribution in [1.82, 2.24) is 0 Å². The van der Waals surface area contributed by atoms with Gasteiger partial charge in [-0.1, -0.05) is 64.0 Å². The summed E-state index contributed by atoms with van der Waals surface area (Å²) in [6.07, 6.45) is 19.0. The number of rotatable bonds is 6. The zero-order chi connectivity index (χ0) is 10.1. The predicted molar refractivity (Wildman–Crippen MR) is 64.5 cm³/mol. The van der Waals surface area contributed by atoms with E-state index in [0.717, 1.165) is 5.92 Å². The van der Waals surface area contributed by atoms with E-state index in [2.05, 4.69) is 19.1 Å². The molecule has 82 valence electrons. The van der Waals surface area contributed by atoms with Crippen LogP contribution in [0.2, 0.25) is 0 Å². The Morgan fingerprint density at radius 2 is 1.71 bits per heavy atom. The molecule has 0 saturated heterocycles. The van der Waals surface area contributed by atoms with Crippen LogP contribution in [0.25, 0.3) is 0 Å². The van der Waals surface area contributed by atoms with Crippen molar-refractivity contribution in [1.29, 1.82) is 0 Å². The van der Waals surface area contributed by atoms with Crippen molar-refractivity contribution < 1.29 is 0 Å². The molecule has 14 heavy (non-hydrogen) atoms. The molecule has 0 aromatic heterocycles. The van der Waals surface area contributed by atoms with Crippen LogP contribution in [0.5, 0.6) is 0 Å². The highest BCUT2D eigenvalue weighted by Gasteiger charge is 2.11. The maximum atomic E-state index is 2.41. The average Bonchev–Trinajstić information content (AvgIpc) is 2.25. The van der Waals surface area contributed by atoms with Gasteiger partial charge in [0.05, 0.1) is 0 Å². The van der Waals surface area contributed by atoms with Gasteiger partial charge in [-0.05, 0) is 25.2 Å². The third-order valence-corrected chi connectivity index (χ3v) is 3.36. The van der Waals surface area contributed by atoms with Gasteiger partial charge in [-0.15, -0.1) is 0 Å². The number of hydrogen-bond acceptors (Lipinski definition) is 0. The van der Waals surface area contributed by atoms with E-state index in [1.807, 2.05) is 0 Å². The highest BCUT2D eigenvalue weighted by molar-refractivity contribution is 4.82. The molecule has 0 nitrogen and oxygen atoms in total. The summed E-state index contributed by atoms with van der Waals surface area (Å²) < 4.78 is 0. The average molecular weight is 194 g/mol. The van der Waals surface area contributed by atoms with Crippen LogP contribution in [0.3, 0.4) is 0 Å².